The molecule has 96 valence electrons. The van der Waals surface area contributed by atoms with Crippen LogP contribution in [0.3, 0.4) is 0 Å². The van der Waals surface area contributed by atoms with Crippen LogP contribution >= 0.6 is 11.8 Å². The summed E-state index contributed by atoms with van der Waals surface area (Å²) in [7, 11) is 0. The molecule has 0 atom stereocenters. The lowest BCUT2D eigenvalue weighted by Crippen LogP contribution is -2.15. The van der Waals surface area contributed by atoms with E-state index in [0.717, 1.165) is 12.2 Å². The van der Waals surface area contributed by atoms with Crippen molar-refractivity contribution < 1.29 is 9.53 Å². The first-order chi connectivity index (χ1) is 8.11. The van der Waals surface area contributed by atoms with Gasteiger partial charge in [-0.2, -0.15) is 16.9 Å². The van der Waals surface area contributed by atoms with E-state index in [4.69, 9.17) is 10.5 Å². The molecule has 0 aliphatic rings. The number of aryl methyl sites for hydroxylation is 2. The second-order valence-electron chi connectivity index (χ2n) is 3.65. The lowest BCUT2D eigenvalue weighted by molar-refractivity contribution is 0.0493. The molecule has 17 heavy (non-hydrogen) atoms. The second kappa shape index (κ2) is 6.54. The van der Waals surface area contributed by atoms with Crippen molar-refractivity contribution >= 4 is 23.4 Å². The summed E-state index contributed by atoms with van der Waals surface area (Å²) in [6.45, 7) is 4.72. The molecular weight excluding hydrogens is 238 g/mol. The molecule has 2 N–H and O–H groups in total. The van der Waals surface area contributed by atoms with Gasteiger partial charge in [0.25, 0.3) is 0 Å². The highest BCUT2D eigenvalue weighted by atomic mass is 32.2. The first kappa shape index (κ1) is 13.9. The van der Waals surface area contributed by atoms with E-state index in [1.165, 1.54) is 0 Å². The van der Waals surface area contributed by atoms with Crippen LogP contribution in [0.25, 0.3) is 0 Å². The van der Waals surface area contributed by atoms with E-state index < -0.39 is 0 Å². The first-order valence-corrected chi connectivity index (χ1v) is 7.00. The molecule has 0 saturated carbocycles. The van der Waals surface area contributed by atoms with E-state index in [9.17, 15) is 4.79 Å². The highest BCUT2D eigenvalue weighted by Gasteiger charge is 2.20. The summed E-state index contributed by atoms with van der Waals surface area (Å²) in [5.74, 6) is 0.598. The van der Waals surface area contributed by atoms with Crippen LogP contribution in [0.2, 0.25) is 0 Å². The van der Waals surface area contributed by atoms with Crippen molar-refractivity contribution in [3.8, 4) is 0 Å². The Bertz CT molecular complexity index is 390. The number of carbonyl (C=O) groups excluding carboxylic acids is 1. The maximum Gasteiger partial charge on any atom is 0.358 e. The maximum atomic E-state index is 11.9. The van der Waals surface area contributed by atoms with Gasteiger partial charge in [0.2, 0.25) is 0 Å². The molecule has 1 aromatic rings. The quantitative estimate of drug-likeness (QED) is 0.620. The largest absolute Gasteiger partial charge is 0.461 e. The number of nitrogens with two attached hydrogens (primary N) is 1. The predicted molar refractivity (Wildman–Crippen MR) is 70.3 cm³/mol. The van der Waals surface area contributed by atoms with Gasteiger partial charge in [-0.3, -0.25) is 4.68 Å². The summed E-state index contributed by atoms with van der Waals surface area (Å²) < 4.78 is 6.76. The number of esters is 1. The average molecular weight is 257 g/mol. The molecule has 0 spiro atoms. The Morgan fingerprint density at radius 1 is 1.59 bits per heavy atom. The summed E-state index contributed by atoms with van der Waals surface area (Å²) in [5.41, 5.74) is 7.28. The summed E-state index contributed by atoms with van der Waals surface area (Å²) in [6.07, 6.45) is 2.88. The predicted octanol–water partition coefficient (Wildman–Crippen LogP) is 1.70. The van der Waals surface area contributed by atoms with Crippen LogP contribution < -0.4 is 5.73 Å². The van der Waals surface area contributed by atoms with Gasteiger partial charge in [-0.05, 0) is 32.3 Å². The first-order valence-electron chi connectivity index (χ1n) is 5.60. The third kappa shape index (κ3) is 3.39. The molecule has 5 nitrogen and oxygen atoms in total. The Morgan fingerprint density at radius 2 is 2.29 bits per heavy atom. The van der Waals surface area contributed by atoms with Crippen molar-refractivity contribution in [1.29, 1.82) is 0 Å². The molecule has 0 aliphatic carbocycles. The minimum atomic E-state index is -0.383. The number of rotatable bonds is 6. The van der Waals surface area contributed by atoms with E-state index in [0.29, 0.717) is 30.2 Å². The van der Waals surface area contributed by atoms with E-state index in [2.05, 4.69) is 5.10 Å². The number of ether oxygens (including phenoxy) is 1. The molecule has 0 aromatic carbocycles. The number of aromatic nitrogens is 2. The van der Waals surface area contributed by atoms with Crippen LogP contribution in [0.5, 0.6) is 0 Å². The zero-order chi connectivity index (χ0) is 12.8. The Balaban J connectivity index is 2.68. The summed E-state index contributed by atoms with van der Waals surface area (Å²) in [4.78, 5) is 11.9. The SMILES string of the molecule is CCn1nc(C)c(N)c1C(=O)OCCCSC. The van der Waals surface area contributed by atoms with E-state index >= 15 is 0 Å². The molecule has 0 aliphatic heterocycles. The van der Waals surface area contributed by atoms with Gasteiger partial charge >= 0.3 is 5.97 Å². The number of nitrogens with zero attached hydrogens (tertiary/aromatic N) is 2. The van der Waals surface area contributed by atoms with Gasteiger partial charge in [0.05, 0.1) is 18.0 Å². The van der Waals surface area contributed by atoms with Gasteiger partial charge in [-0.1, -0.05) is 0 Å². The van der Waals surface area contributed by atoms with Crippen LogP contribution in [0, 0.1) is 6.92 Å². The molecule has 0 bridgehead atoms. The number of thioether (sulfide) groups is 1. The molecule has 0 fully saturated rings. The lowest BCUT2D eigenvalue weighted by Gasteiger charge is -2.06. The maximum absolute atomic E-state index is 11.9. The minimum absolute atomic E-state index is 0.370. The zero-order valence-electron chi connectivity index (χ0n) is 10.5. The van der Waals surface area contributed by atoms with Crippen molar-refractivity contribution in [3.63, 3.8) is 0 Å². The van der Waals surface area contributed by atoms with Crippen LogP contribution in [-0.4, -0.2) is 34.4 Å². The van der Waals surface area contributed by atoms with Gasteiger partial charge in [0.15, 0.2) is 5.69 Å². The molecular formula is C11H19N3O2S. The number of hydrogen-bond donors (Lipinski definition) is 1. The summed E-state index contributed by atoms with van der Waals surface area (Å²) >= 11 is 1.73. The topological polar surface area (TPSA) is 70.1 Å². The standard InChI is InChI=1S/C11H19N3O2S/c1-4-14-10(9(12)8(2)13-14)11(15)16-6-5-7-17-3/h4-7,12H2,1-3H3. The van der Waals surface area contributed by atoms with Crippen molar-refractivity contribution in [2.24, 2.45) is 0 Å². The normalized spacial score (nSPS) is 10.5. The van der Waals surface area contributed by atoms with Gasteiger partial charge in [-0.25, -0.2) is 4.79 Å². The monoisotopic (exact) mass is 257 g/mol. The van der Waals surface area contributed by atoms with Gasteiger partial charge < -0.3 is 10.5 Å². The Hall–Kier alpha value is -1.17. The van der Waals surface area contributed by atoms with Gasteiger partial charge in [0, 0.05) is 6.54 Å². The van der Waals surface area contributed by atoms with Crippen LogP contribution in [0.4, 0.5) is 5.69 Å². The van der Waals surface area contributed by atoms with Crippen LogP contribution in [0.15, 0.2) is 0 Å². The zero-order valence-corrected chi connectivity index (χ0v) is 11.3. The minimum Gasteiger partial charge on any atom is -0.461 e. The van der Waals surface area contributed by atoms with Crippen molar-refractivity contribution in [1.82, 2.24) is 9.78 Å². The third-order valence-corrected chi connectivity index (χ3v) is 3.09. The molecule has 1 heterocycles. The average Bonchev–Trinajstić information content (AvgIpc) is 2.61. The Morgan fingerprint density at radius 3 is 2.88 bits per heavy atom. The molecule has 1 rings (SSSR count). The fourth-order valence-electron chi connectivity index (χ4n) is 1.48. The fraction of sp³-hybridized carbons (Fsp3) is 0.636. The molecule has 0 unspecified atom stereocenters. The second-order valence-corrected chi connectivity index (χ2v) is 4.63. The van der Waals surface area contributed by atoms with E-state index in [-0.39, 0.29) is 5.97 Å². The highest BCUT2D eigenvalue weighted by molar-refractivity contribution is 7.98. The third-order valence-electron chi connectivity index (χ3n) is 2.39. The summed E-state index contributed by atoms with van der Waals surface area (Å²) in [6, 6.07) is 0. The number of nitrogen functional groups attached to an aromatic ring is 1. The van der Waals surface area contributed by atoms with E-state index in [1.54, 1.807) is 23.4 Å². The van der Waals surface area contributed by atoms with Crippen LogP contribution in [0.1, 0.15) is 29.5 Å². The van der Waals surface area contributed by atoms with Gasteiger partial charge in [0.1, 0.15) is 0 Å². The molecule has 0 radical (unpaired) electrons. The van der Waals surface area contributed by atoms with Crippen molar-refractivity contribution in [2.45, 2.75) is 26.8 Å². The lowest BCUT2D eigenvalue weighted by atomic mass is 10.3. The molecule has 0 amide bonds. The smallest absolute Gasteiger partial charge is 0.358 e. The highest BCUT2D eigenvalue weighted by Crippen LogP contribution is 2.17. The summed E-state index contributed by atoms with van der Waals surface area (Å²) in [5, 5.41) is 4.18. The van der Waals surface area contributed by atoms with Crippen molar-refractivity contribution in [2.75, 3.05) is 24.3 Å². The molecule has 0 saturated heterocycles. The van der Waals surface area contributed by atoms with E-state index in [1.807, 2.05) is 13.2 Å². The fourth-order valence-corrected chi connectivity index (χ4v) is 1.88. The molecule has 6 heteroatoms. The van der Waals surface area contributed by atoms with Gasteiger partial charge in [-0.15, -0.1) is 0 Å². The van der Waals surface area contributed by atoms with Crippen LogP contribution in [-0.2, 0) is 11.3 Å². The Labute approximate surface area is 106 Å². The number of anilines is 1. The van der Waals surface area contributed by atoms with Crippen molar-refractivity contribution in [3.05, 3.63) is 11.4 Å². The molecule has 1 aromatic heterocycles. The Kier molecular flexibility index (Phi) is 5.34. The number of carbonyl (C=O) groups is 1. The number of hydrogen-bond acceptors (Lipinski definition) is 5.